The quantitative estimate of drug-likeness (QED) is 0.720. The molecule has 0 bridgehead atoms. The van der Waals surface area contributed by atoms with Crippen LogP contribution in [-0.4, -0.2) is 49.3 Å². The van der Waals surface area contributed by atoms with E-state index in [-0.39, 0.29) is 5.54 Å². The Kier molecular flexibility index (Phi) is 6.78. The summed E-state index contributed by atoms with van der Waals surface area (Å²) in [6.07, 6.45) is 1.17. The maximum absolute atomic E-state index is 5.78. The standard InChI is InChI=1S/C16H34N2O/c1-13(2)7-9-19-10-8-18-12-16(5,6)17-11-15(18)14(3)4/h13-15,17H,7-12H2,1-6H3. The highest BCUT2D eigenvalue weighted by atomic mass is 16.5. The molecule has 114 valence electrons. The van der Waals surface area contributed by atoms with Crippen LogP contribution in [0.2, 0.25) is 0 Å². The minimum absolute atomic E-state index is 0.226. The number of piperazine rings is 1. The van der Waals surface area contributed by atoms with Gasteiger partial charge in [0.15, 0.2) is 0 Å². The first-order chi connectivity index (χ1) is 8.82. The first kappa shape index (κ1) is 16.9. The minimum atomic E-state index is 0.226. The molecule has 1 fully saturated rings. The number of ether oxygens (including phenoxy) is 1. The van der Waals surface area contributed by atoms with Crippen molar-refractivity contribution in [2.24, 2.45) is 11.8 Å². The molecule has 0 spiro atoms. The van der Waals surface area contributed by atoms with Crippen LogP contribution in [0.5, 0.6) is 0 Å². The summed E-state index contributed by atoms with van der Waals surface area (Å²) in [4.78, 5) is 2.61. The highest BCUT2D eigenvalue weighted by molar-refractivity contribution is 4.93. The van der Waals surface area contributed by atoms with Crippen LogP contribution in [0.4, 0.5) is 0 Å². The van der Waals surface area contributed by atoms with Gasteiger partial charge in [-0.2, -0.15) is 0 Å². The maximum atomic E-state index is 5.78. The second kappa shape index (κ2) is 7.61. The third-order valence-corrected chi connectivity index (χ3v) is 3.99. The van der Waals surface area contributed by atoms with Gasteiger partial charge in [0.05, 0.1) is 6.61 Å². The van der Waals surface area contributed by atoms with Gasteiger partial charge in [0.2, 0.25) is 0 Å². The molecule has 1 saturated heterocycles. The van der Waals surface area contributed by atoms with Gasteiger partial charge in [0.25, 0.3) is 0 Å². The van der Waals surface area contributed by atoms with Crippen molar-refractivity contribution in [2.75, 3.05) is 32.8 Å². The molecule has 1 rings (SSSR count). The van der Waals surface area contributed by atoms with Gasteiger partial charge >= 0.3 is 0 Å². The van der Waals surface area contributed by atoms with E-state index >= 15 is 0 Å². The van der Waals surface area contributed by atoms with Gasteiger partial charge in [0, 0.05) is 37.8 Å². The number of hydrogen-bond donors (Lipinski definition) is 1. The summed E-state index contributed by atoms with van der Waals surface area (Å²) < 4.78 is 5.78. The average Bonchev–Trinajstić information content (AvgIpc) is 2.26. The lowest BCUT2D eigenvalue weighted by atomic mass is 9.93. The van der Waals surface area contributed by atoms with E-state index in [1.165, 1.54) is 6.42 Å². The zero-order valence-corrected chi connectivity index (χ0v) is 13.8. The third-order valence-electron chi connectivity index (χ3n) is 3.99. The molecule has 0 aliphatic carbocycles. The van der Waals surface area contributed by atoms with Crippen LogP contribution in [0.3, 0.4) is 0 Å². The van der Waals surface area contributed by atoms with Gasteiger partial charge < -0.3 is 10.1 Å². The largest absolute Gasteiger partial charge is 0.380 e. The minimum Gasteiger partial charge on any atom is -0.380 e. The van der Waals surface area contributed by atoms with E-state index in [2.05, 4.69) is 51.8 Å². The predicted molar refractivity (Wildman–Crippen MR) is 82.6 cm³/mol. The maximum Gasteiger partial charge on any atom is 0.0593 e. The second-order valence-electron chi connectivity index (χ2n) is 7.34. The first-order valence-electron chi connectivity index (χ1n) is 7.88. The van der Waals surface area contributed by atoms with E-state index in [1.54, 1.807) is 0 Å². The summed E-state index contributed by atoms with van der Waals surface area (Å²) in [5, 5.41) is 3.65. The molecule has 0 aromatic carbocycles. The summed E-state index contributed by atoms with van der Waals surface area (Å²) in [6.45, 7) is 18.7. The smallest absolute Gasteiger partial charge is 0.0593 e. The van der Waals surface area contributed by atoms with Crippen molar-refractivity contribution in [1.82, 2.24) is 10.2 Å². The molecule has 3 heteroatoms. The molecular formula is C16H34N2O. The van der Waals surface area contributed by atoms with Gasteiger partial charge in [-0.1, -0.05) is 27.7 Å². The normalized spacial score (nSPS) is 24.3. The molecule has 1 unspecified atom stereocenters. The second-order valence-corrected chi connectivity index (χ2v) is 7.34. The van der Waals surface area contributed by atoms with Crippen molar-refractivity contribution in [2.45, 2.75) is 59.5 Å². The molecule has 0 saturated carbocycles. The van der Waals surface area contributed by atoms with E-state index < -0.39 is 0 Å². The zero-order chi connectivity index (χ0) is 14.5. The SMILES string of the molecule is CC(C)CCOCCN1CC(C)(C)NCC1C(C)C. The lowest BCUT2D eigenvalue weighted by Crippen LogP contribution is -2.63. The lowest BCUT2D eigenvalue weighted by molar-refractivity contribution is 0.0317. The van der Waals surface area contributed by atoms with E-state index in [0.717, 1.165) is 38.8 Å². The van der Waals surface area contributed by atoms with Gasteiger partial charge in [-0.05, 0) is 32.1 Å². The van der Waals surface area contributed by atoms with Crippen LogP contribution in [0, 0.1) is 11.8 Å². The third kappa shape index (κ3) is 6.24. The Morgan fingerprint density at radius 2 is 1.89 bits per heavy atom. The average molecular weight is 270 g/mol. The molecule has 0 aromatic rings. The molecule has 19 heavy (non-hydrogen) atoms. The Morgan fingerprint density at radius 1 is 1.21 bits per heavy atom. The highest BCUT2D eigenvalue weighted by Crippen LogP contribution is 2.19. The van der Waals surface area contributed by atoms with E-state index in [4.69, 9.17) is 4.74 Å². The van der Waals surface area contributed by atoms with E-state index in [1.807, 2.05) is 0 Å². The summed E-state index contributed by atoms with van der Waals surface area (Å²) in [5.41, 5.74) is 0.226. The Bertz CT molecular complexity index is 251. The number of nitrogens with one attached hydrogen (secondary N) is 1. The van der Waals surface area contributed by atoms with Crippen LogP contribution in [0.1, 0.15) is 48.0 Å². The molecule has 0 radical (unpaired) electrons. The van der Waals surface area contributed by atoms with Crippen molar-refractivity contribution < 1.29 is 4.74 Å². The summed E-state index contributed by atoms with van der Waals surface area (Å²) in [6, 6.07) is 0.640. The summed E-state index contributed by atoms with van der Waals surface area (Å²) in [5.74, 6) is 1.43. The summed E-state index contributed by atoms with van der Waals surface area (Å²) in [7, 11) is 0. The van der Waals surface area contributed by atoms with Crippen LogP contribution in [-0.2, 0) is 4.74 Å². The van der Waals surface area contributed by atoms with Gasteiger partial charge in [-0.15, -0.1) is 0 Å². The van der Waals surface area contributed by atoms with Crippen molar-refractivity contribution in [3.05, 3.63) is 0 Å². The van der Waals surface area contributed by atoms with Crippen LogP contribution in [0.25, 0.3) is 0 Å². The monoisotopic (exact) mass is 270 g/mol. The lowest BCUT2D eigenvalue weighted by Gasteiger charge is -2.46. The van der Waals surface area contributed by atoms with Gasteiger partial charge in [-0.3, -0.25) is 4.90 Å². The molecule has 1 aliphatic heterocycles. The molecular weight excluding hydrogens is 236 g/mol. The Morgan fingerprint density at radius 3 is 2.47 bits per heavy atom. The van der Waals surface area contributed by atoms with Crippen molar-refractivity contribution in [1.29, 1.82) is 0 Å². The Balaban J connectivity index is 2.34. The Hall–Kier alpha value is -0.120. The Labute approximate surface area is 120 Å². The van der Waals surface area contributed by atoms with Gasteiger partial charge in [-0.25, -0.2) is 0 Å². The van der Waals surface area contributed by atoms with Crippen LogP contribution >= 0.6 is 0 Å². The fourth-order valence-electron chi connectivity index (χ4n) is 2.70. The molecule has 1 heterocycles. The molecule has 1 atom stereocenters. The molecule has 1 N–H and O–H groups in total. The molecule has 0 amide bonds. The first-order valence-corrected chi connectivity index (χ1v) is 7.88. The van der Waals surface area contributed by atoms with Crippen molar-refractivity contribution in [3.63, 3.8) is 0 Å². The van der Waals surface area contributed by atoms with Crippen molar-refractivity contribution >= 4 is 0 Å². The molecule has 0 aromatic heterocycles. The summed E-state index contributed by atoms with van der Waals surface area (Å²) >= 11 is 0. The van der Waals surface area contributed by atoms with E-state index in [0.29, 0.717) is 12.0 Å². The molecule has 3 nitrogen and oxygen atoms in total. The van der Waals surface area contributed by atoms with Crippen molar-refractivity contribution in [3.8, 4) is 0 Å². The van der Waals surface area contributed by atoms with Gasteiger partial charge in [0.1, 0.15) is 0 Å². The number of nitrogens with zero attached hydrogens (tertiary/aromatic N) is 1. The van der Waals surface area contributed by atoms with Crippen LogP contribution < -0.4 is 5.32 Å². The zero-order valence-electron chi connectivity index (χ0n) is 13.8. The predicted octanol–water partition coefficient (Wildman–Crippen LogP) is 2.76. The number of hydrogen-bond acceptors (Lipinski definition) is 3. The fraction of sp³-hybridized carbons (Fsp3) is 1.00. The fourth-order valence-corrected chi connectivity index (χ4v) is 2.70. The van der Waals surface area contributed by atoms with E-state index in [9.17, 15) is 0 Å². The topological polar surface area (TPSA) is 24.5 Å². The molecule has 1 aliphatic rings. The highest BCUT2D eigenvalue weighted by Gasteiger charge is 2.33. The number of rotatable bonds is 7. The van der Waals surface area contributed by atoms with Crippen LogP contribution in [0.15, 0.2) is 0 Å².